The van der Waals surface area contributed by atoms with E-state index >= 15 is 0 Å². The molecule has 0 N–H and O–H groups in total. The van der Waals surface area contributed by atoms with Gasteiger partial charge in [0.05, 0.1) is 12.2 Å². The van der Waals surface area contributed by atoms with Crippen LogP contribution in [0.5, 0.6) is 0 Å². The normalized spacial score (nSPS) is 20.9. The molecule has 5 heteroatoms. The van der Waals surface area contributed by atoms with E-state index in [9.17, 15) is 9.59 Å². The van der Waals surface area contributed by atoms with Gasteiger partial charge in [-0.25, -0.2) is 9.79 Å². The van der Waals surface area contributed by atoms with Gasteiger partial charge >= 0.3 is 5.97 Å². The first-order valence-electron chi connectivity index (χ1n) is 8.47. The summed E-state index contributed by atoms with van der Waals surface area (Å²) in [4.78, 5) is 29.5. The van der Waals surface area contributed by atoms with Crippen molar-refractivity contribution in [2.24, 2.45) is 4.99 Å². The number of ether oxygens (including phenoxy) is 1. The summed E-state index contributed by atoms with van der Waals surface area (Å²) >= 11 is 0. The Hall–Kier alpha value is -2.69. The number of ketones is 1. The molecule has 0 fully saturated rings. The number of esters is 1. The van der Waals surface area contributed by atoms with Gasteiger partial charge in [0.15, 0.2) is 5.54 Å². The van der Waals surface area contributed by atoms with Gasteiger partial charge in [-0.1, -0.05) is 31.5 Å². The maximum Gasteiger partial charge on any atom is 0.341 e. The summed E-state index contributed by atoms with van der Waals surface area (Å²) in [5.41, 5.74) is -0.390. The fourth-order valence-electron chi connectivity index (χ4n) is 3.35. The molecule has 0 spiro atoms. The summed E-state index contributed by atoms with van der Waals surface area (Å²) < 4.78 is 11.1. The number of furan rings is 1. The molecular formula is C20H21NO4. The Morgan fingerprint density at radius 3 is 2.56 bits per heavy atom. The first-order chi connectivity index (χ1) is 12.1. The number of aliphatic imine (C=N–C) groups is 1. The Labute approximate surface area is 146 Å². The minimum atomic E-state index is -1.14. The van der Waals surface area contributed by atoms with Crippen molar-refractivity contribution < 1.29 is 18.7 Å². The van der Waals surface area contributed by atoms with Crippen LogP contribution >= 0.6 is 0 Å². The van der Waals surface area contributed by atoms with Gasteiger partial charge in [0, 0.05) is 12.0 Å². The second-order valence-electron chi connectivity index (χ2n) is 6.32. The number of carbonyl (C=O) groups is 2. The Kier molecular flexibility index (Phi) is 4.83. The molecule has 130 valence electrons. The molecule has 5 nitrogen and oxygen atoms in total. The average Bonchev–Trinajstić information content (AvgIpc) is 3.23. The van der Waals surface area contributed by atoms with Gasteiger partial charge in [-0.05, 0) is 37.6 Å². The Balaban J connectivity index is 2.09. The van der Waals surface area contributed by atoms with Gasteiger partial charge in [-0.2, -0.15) is 0 Å². The Morgan fingerprint density at radius 2 is 1.96 bits per heavy atom. The summed E-state index contributed by atoms with van der Waals surface area (Å²) in [5, 5.41) is 0. The van der Waals surface area contributed by atoms with Crippen LogP contribution in [0.3, 0.4) is 0 Å². The summed E-state index contributed by atoms with van der Waals surface area (Å²) in [6.07, 6.45) is 2.94. The molecule has 25 heavy (non-hydrogen) atoms. The highest BCUT2D eigenvalue weighted by Crippen LogP contribution is 2.43. The summed E-state index contributed by atoms with van der Waals surface area (Å²) in [6, 6.07) is 12.9. The molecule has 0 amide bonds. The van der Waals surface area contributed by atoms with E-state index in [2.05, 4.69) is 0 Å². The van der Waals surface area contributed by atoms with E-state index in [1.165, 1.54) is 6.92 Å². The van der Waals surface area contributed by atoms with E-state index in [1.807, 2.05) is 37.3 Å². The molecule has 1 aliphatic rings. The molecule has 0 unspecified atom stereocenters. The molecule has 1 aromatic heterocycles. The second-order valence-corrected chi connectivity index (χ2v) is 6.32. The molecule has 0 bridgehead atoms. The molecule has 0 saturated heterocycles. The number of rotatable bonds is 7. The molecule has 1 aromatic carbocycles. The van der Waals surface area contributed by atoms with Crippen LogP contribution in [0.4, 0.5) is 0 Å². The van der Waals surface area contributed by atoms with Crippen molar-refractivity contribution in [1.82, 2.24) is 0 Å². The van der Waals surface area contributed by atoms with E-state index < -0.39 is 17.4 Å². The quantitative estimate of drug-likeness (QED) is 0.718. The minimum absolute atomic E-state index is 0.0203. The lowest BCUT2D eigenvalue weighted by molar-refractivity contribution is -0.140. The number of benzene rings is 1. The topological polar surface area (TPSA) is 68.9 Å². The van der Waals surface area contributed by atoms with Crippen LogP contribution in [0.2, 0.25) is 0 Å². The Bertz CT molecular complexity index is 779. The molecule has 3 rings (SSSR count). The predicted molar refractivity (Wildman–Crippen MR) is 93.5 cm³/mol. The first-order valence-corrected chi connectivity index (χ1v) is 8.47. The van der Waals surface area contributed by atoms with E-state index in [4.69, 9.17) is 14.1 Å². The number of cyclic esters (lactones) is 1. The average molecular weight is 339 g/mol. The van der Waals surface area contributed by atoms with Gasteiger partial charge in [0.2, 0.25) is 5.90 Å². The van der Waals surface area contributed by atoms with Gasteiger partial charge < -0.3 is 13.9 Å². The van der Waals surface area contributed by atoms with Crippen LogP contribution in [0.25, 0.3) is 0 Å². The third-order valence-electron chi connectivity index (χ3n) is 4.45. The fourth-order valence-corrected chi connectivity index (χ4v) is 3.35. The zero-order chi connectivity index (χ0) is 17.9. The second kappa shape index (κ2) is 7.05. The number of hydrogen-bond donors (Lipinski definition) is 0. The van der Waals surface area contributed by atoms with Crippen LogP contribution in [0, 0.1) is 0 Å². The molecule has 0 saturated carbocycles. The molecule has 0 radical (unpaired) electrons. The lowest BCUT2D eigenvalue weighted by Crippen LogP contribution is -2.41. The third-order valence-corrected chi connectivity index (χ3v) is 4.45. The van der Waals surface area contributed by atoms with Crippen LogP contribution in [-0.4, -0.2) is 23.2 Å². The van der Waals surface area contributed by atoms with Crippen molar-refractivity contribution in [3.05, 3.63) is 60.1 Å². The monoisotopic (exact) mass is 339 g/mol. The number of Topliss-reactive ketones (excluding diaryl/α,β-unsaturated/α-hetero) is 1. The lowest BCUT2D eigenvalue weighted by atomic mass is 9.77. The largest absolute Gasteiger partial charge is 0.469 e. The van der Waals surface area contributed by atoms with E-state index in [0.29, 0.717) is 18.1 Å². The van der Waals surface area contributed by atoms with Crippen molar-refractivity contribution in [3.63, 3.8) is 0 Å². The molecular weight excluding hydrogens is 318 g/mol. The Morgan fingerprint density at radius 1 is 1.20 bits per heavy atom. The van der Waals surface area contributed by atoms with Crippen LogP contribution in [-0.2, 0) is 14.3 Å². The van der Waals surface area contributed by atoms with Gasteiger partial charge in [-0.3, -0.25) is 0 Å². The number of hydrogen-bond acceptors (Lipinski definition) is 5. The predicted octanol–water partition coefficient (Wildman–Crippen LogP) is 3.88. The van der Waals surface area contributed by atoms with Crippen LogP contribution in [0.15, 0.2) is 58.1 Å². The highest BCUT2D eigenvalue weighted by Gasteiger charge is 2.53. The molecule has 0 aliphatic carbocycles. The highest BCUT2D eigenvalue weighted by atomic mass is 16.6. The van der Waals surface area contributed by atoms with Crippen molar-refractivity contribution in [1.29, 1.82) is 0 Å². The summed E-state index contributed by atoms with van der Waals surface area (Å²) in [5.74, 6) is -0.0321. The van der Waals surface area contributed by atoms with E-state index in [-0.39, 0.29) is 12.2 Å². The van der Waals surface area contributed by atoms with Gasteiger partial charge in [0.1, 0.15) is 11.5 Å². The van der Waals surface area contributed by atoms with Crippen molar-refractivity contribution in [3.8, 4) is 0 Å². The van der Waals surface area contributed by atoms with Crippen LogP contribution in [0.1, 0.15) is 50.4 Å². The number of nitrogens with zero attached hydrogens (tertiary/aromatic N) is 1. The first kappa shape index (κ1) is 17.1. The molecule has 2 aromatic rings. The van der Waals surface area contributed by atoms with Crippen molar-refractivity contribution in [2.45, 2.75) is 44.6 Å². The summed E-state index contributed by atoms with van der Waals surface area (Å²) in [6.45, 7) is 3.50. The fraction of sp³-hybridized carbons (Fsp3) is 0.350. The summed E-state index contributed by atoms with van der Waals surface area (Å²) in [7, 11) is 0. The minimum Gasteiger partial charge on any atom is -0.469 e. The SMILES string of the molecule is CCC[C@]1([C@H](CC(C)=O)c2ccco2)N=C(c2ccccc2)OC1=O. The highest BCUT2D eigenvalue weighted by molar-refractivity contribution is 6.08. The number of carbonyl (C=O) groups excluding carboxylic acids is 2. The van der Waals surface area contributed by atoms with E-state index in [0.717, 1.165) is 12.0 Å². The maximum atomic E-state index is 12.9. The molecule has 2 atom stereocenters. The molecule has 2 heterocycles. The van der Waals surface area contributed by atoms with Gasteiger partial charge in [-0.15, -0.1) is 0 Å². The maximum absolute atomic E-state index is 12.9. The van der Waals surface area contributed by atoms with Gasteiger partial charge in [0.25, 0.3) is 0 Å². The third kappa shape index (κ3) is 3.27. The zero-order valence-corrected chi connectivity index (χ0v) is 14.4. The lowest BCUT2D eigenvalue weighted by Gasteiger charge is -2.29. The zero-order valence-electron chi connectivity index (χ0n) is 14.4. The van der Waals surface area contributed by atoms with E-state index in [1.54, 1.807) is 18.4 Å². The van der Waals surface area contributed by atoms with Crippen molar-refractivity contribution >= 4 is 17.7 Å². The smallest absolute Gasteiger partial charge is 0.341 e. The molecule has 1 aliphatic heterocycles. The van der Waals surface area contributed by atoms with Crippen molar-refractivity contribution in [2.75, 3.05) is 0 Å². The standard InChI is InChI=1S/C20H21NO4/c1-3-11-20(16(13-14(2)22)17-10-7-12-24-17)19(23)25-18(21-20)15-8-5-4-6-9-15/h4-10,12,16H,3,11,13H2,1-2H3/t16-,20-/m1/s1. The van der Waals surface area contributed by atoms with Crippen LogP contribution < -0.4 is 0 Å².